The zero-order chi connectivity index (χ0) is 98.2. The van der Waals surface area contributed by atoms with E-state index in [4.69, 9.17) is 44.9 Å². The molecule has 0 atom stereocenters. The third kappa shape index (κ3) is 15.3. The summed E-state index contributed by atoms with van der Waals surface area (Å²) in [5, 5.41) is 19.0. The minimum Gasteiger partial charge on any atom is -0.656 e. The molecule has 0 bridgehead atoms. The first kappa shape index (κ1) is 95.1. The molecule has 0 fully saturated rings. The maximum absolute atomic E-state index is 5.51. The number of benzene rings is 14. The monoisotopic (exact) mass is 2450 g/mol. The minimum atomic E-state index is -0.205. The Balaban J connectivity index is 0.000000118. The first-order valence-corrected chi connectivity index (χ1v) is 50.4. The molecule has 0 unspecified atom stereocenters. The van der Waals surface area contributed by atoms with E-state index >= 15 is 0 Å². The average molecular weight is 2450 g/mol. The molecule has 14 aromatic carbocycles. The summed E-state index contributed by atoms with van der Waals surface area (Å²) in [6.45, 7) is 31.6. The Morgan fingerprint density at radius 3 is 1.39 bits per heavy atom. The number of aryl methyl sites for hydroxylation is 4. The topological polar surface area (TPSA) is 133 Å². The molecular weight excluding hydrogens is 2350 g/mol. The van der Waals surface area contributed by atoms with Crippen molar-refractivity contribution in [1.82, 2.24) is 58.2 Å². The van der Waals surface area contributed by atoms with Crippen LogP contribution in [0.15, 0.2) is 334 Å². The third-order valence-corrected chi connectivity index (χ3v) is 30.5. The van der Waals surface area contributed by atoms with E-state index in [1.165, 1.54) is 131 Å². The predicted molar refractivity (Wildman–Crippen MR) is 602 cm³/mol. The average Bonchev–Trinajstić information content (AvgIpc) is 1.65. The summed E-state index contributed by atoms with van der Waals surface area (Å²) in [4.78, 5) is 46.3. The molecular formula is C133H100N12Pt3. The molecule has 0 saturated heterocycles. The number of rotatable bonds is 10. The van der Waals surface area contributed by atoms with E-state index in [0.717, 1.165) is 184 Å². The van der Waals surface area contributed by atoms with Crippen LogP contribution in [0.25, 0.3) is 259 Å². The summed E-state index contributed by atoms with van der Waals surface area (Å²) in [6.07, 6.45) is 6.59. The smallest absolute Gasteiger partial charge is 0.656 e. The molecule has 148 heavy (non-hydrogen) atoms. The van der Waals surface area contributed by atoms with Crippen LogP contribution < -0.4 is 15.0 Å². The van der Waals surface area contributed by atoms with Gasteiger partial charge < -0.3 is 28.3 Å². The number of hydrogen-bond acceptors (Lipinski definition) is 6. The summed E-state index contributed by atoms with van der Waals surface area (Å²) in [5.74, 6) is 0.491. The molecule has 29 rings (SSSR count). The summed E-state index contributed by atoms with van der Waals surface area (Å²) in [6, 6.07) is 125. The summed E-state index contributed by atoms with van der Waals surface area (Å²) in [5.41, 5.74) is 42.8. The van der Waals surface area contributed by atoms with Crippen molar-refractivity contribution in [2.45, 2.75) is 120 Å². The summed E-state index contributed by atoms with van der Waals surface area (Å²) < 4.78 is 6.88. The van der Waals surface area contributed by atoms with Crippen molar-refractivity contribution in [3.05, 3.63) is 402 Å². The Labute approximate surface area is 900 Å². The van der Waals surface area contributed by atoms with E-state index in [2.05, 4.69) is 420 Å². The van der Waals surface area contributed by atoms with Crippen LogP contribution in [0.4, 0.5) is 0 Å². The molecule has 1 aliphatic rings. The van der Waals surface area contributed by atoms with Gasteiger partial charge in [-0.1, -0.05) is 321 Å². The molecule has 0 saturated carbocycles. The molecule has 1 aliphatic heterocycles. The molecule has 722 valence electrons. The van der Waals surface area contributed by atoms with Gasteiger partial charge in [-0.15, -0.1) is 104 Å². The van der Waals surface area contributed by atoms with Crippen molar-refractivity contribution >= 4 is 164 Å². The Hall–Kier alpha value is -15.2. The van der Waals surface area contributed by atoms with Crippen molar-refractivity contribution in [3.63, 3.8) is 0 Å². The SMILES string of the molecule is CC(C)Cc1cc(-c2[c-]c3c(cc2)C(C)(C)c2cccc4c5cccnc5n-3c24)nc(-c2cc(C(C)(C)C)cc3c2[n-]c2ccc(C(C)(C)C)cc23)c1.Cc1ccc2[n-]c3c(-c4cc(-c5c(C)cccc5C)cc(-c5[c-]c6c(cc5)c5cccc7c8cccnc8n6c57)n4)cc(C)cc3c2c1.[Pt+2].[Pt+2].[Pt+2].[c-]1c(-c2cc(-c3ccccc3)cc(-c3cccc4c3[n-]c3ccccc34)n2)ccc2c3cccc4c5cccnc5n(c12)c34. The van der Waals surface area contributed by atoms with Gasteiger partial charge in [-0.3, -0.25) is 15.0 Å². The van der Waals surface area contributed by atoms with Gasteiger partial charge in [0, 0.05) is 50.9 Å². The number of aromatic nitrogens is 12. The first-order chi connectivity index (χ1) is 70.3. The standard InChI is InChI=1S/C49H48N4.C44H30N4.C40H22N4.3Pt/c1-28(2)21-29-22-41(30-16-18-38-43(24-30)53-45-33(34-14-12-20-50-46(34)53)13-11-15-39(45)49(38,9)10)51-42(23-29)37-27-32(48(6,7)8)26-36-35-25-31(47(3,4)5)17-19-40(35)52-44(36)37;1-24-13-16-37-34(18-24)35-19-25(2)20-36(42(35)47-37)39-22-29(41-26(3)8-5-9-27(41)4)21-38(46-39)28-14-15-30-31-10-6-11-32-33-12-7-17-45-44(33)48(43(31)32)40(30)23-28;1-2-9-24(10-3-1)26-21-35(42-36(22-26)33-15-6-12-29-27-11-4-5-17-34(27)43-38(29)33)25-18-19-28-30-13-7-14-31-32-16-8-20-41-40(32)44(39(30)31)37(28)23-25;;;/h11-20,22-23,25-28H,21H2,1-10H3;5-22H,1-4H3;1-22H;;;/q3*-2;3*+2. The van der Waals surface area contributed by atoms with E-state index in [1.54, 1.807) is 0 Å². The fraction of sp³-hybridized carbons (Fsp3) is 0.143. The number of para-hydroxylation sites is 5. The number of hydrogen-bond donors (Lipinski definition) is 0. The normalized spacial score (nSPS) is 12.6. The quantitative estimate of drug-likeness (QED) is 0.123. The summed E-state index contributed by atoms with van der Waals surface area (Å²) >= 11 is 0. The zero-order valence-electron chi connectivity index (χ0n) is 84.4. The first-order valence-electron chi connectivity index (χ1n) is 50.4. The van der Waals surface area contributed by atoms with Crippen LogP contribution in [0.3, 0.4) is 0 Å². The van der Waals surface area contributed by atoms with Crippen molar-refractivity contribution in [1.29, 1.82) is 0 Å². The van der Waals surface area contributed by atoms with Gasteiger partial charge in [0.2, 0.25) is 0 Å². The molecule has 0 N–H and O–H groups in total. The van der Waals surface area contributed by atoms with Gasteiger partial charge in [0.15, 0.2) is 0 Å². The molecule has 12 nitrogen and oxygen atoms in total. The van der Waals surface area contributed by atoms with Crippen LogP contribution in [0.1, 0.15) is 119 Å². The molecule has 15 heteroatoms. The summed E-state index contributed by atoms with van der Waals surface area (Å²) in [7, 11) is 0. The van der Waals surface area contributed by atoms with Gasteiger partial charge in [0.25, 0.3) is 0 Å². The van der Waals surface area contributed by atoms with Crippen LogP contribution in [-0.4, -0.2) is 43.3 Å². The Morgan fingerprint density at radius 1 is 0.318 bits per heavy atom. The predicted octanol–water partition coefficient (Wildman–Crippen LogP) is 33.0. The van der Waals surface area contributed by atoms with E-state index < -0.39 is 0 Å². The molecule has 0 spiro atoms. The molecule has 15 heterocycles. The molecule has 28 aromatic rings. The second kappa shape index (κ2) is 35.9. The number of pyridine rings is 6. The van der Waals surface area contributed by atoms with Gasteiger partial charge in [0.05, 0.1) is 33.6 Å². The fourth-order valence-corrected chi connectivity index (χ4v) is 23.5. The second-order valence-electron chi connectivity index (χ2n) is 42.9. The molecule has 14 aromatic heterocycles. The Morgan fingerprint density at radius 2 is 0.764 bits per heavy atom. The van der Waals surface area contributed by atoms with Crippen LogP contribution in [0, 0.1) is 51.8 Å². The zero-order valence-corrected chi connectivity index (χ0v) is 91.2. The van der Waals surface area contributed by atoms with Crippen molar-refractivity contribution < 1.29 is 63.2 Å². The maximum atomic E-state index is 5.51. The molecule has 0 radical (unpaired) electrons. The van der Waals surface area contributed by atoms with Crippen LogP contribution in [0.2, 0.25) is 0 Å². The fourth-order valence-electron chi connectivity index (χ4n) is 23.5. The number of fused-ring (bicyclic) bond motifs is 26. The van der Waals surface area contributed by atoms with E-state index in [-0.39, 0.29) is 79.4 Å². The van der Waals surface area contributed by atoms with Crippen molar-refractivity contribution in [2.24, 2.45) is 5.92 Å². The van der Waals surface area contributed by atoms with Crippen LogP contribution in [-0.2, 0) is 85.9 Å². The van der Waals surface area contributed by atoms with Crippen LogP contribution >= 0.6 is 0 Å². The maximum Gasteiger partial charge on any atom is 2.00 e. The second-order valence-corrected chi connectivity index (χ2v) is 42.9. The van der Waals surface area contributed by atoms with Gasteiger partial charge in [0.1, 0.15) is 16.9 Å². The number of nitrogens with zero attached hydrogens (tertiary/aromatic N) is 12. The van der Waals surface area contributed by atoms with E-state index in [0.29, 0.717) is 5.92 Å². The van der Waals surface area contributed by atoms with Crippen molar-refractivity contribution in [2.75, 3.05) is 0 Å². The van der Waals surface area contributed by atoms with Gasteiger partial charge in [-0.25, -0.2) is 15.0 Å². The van der Waals surface area contributed by atoms with Gasteiger partial charge in [-0.2, -0.15) is 0 Å². The third-order valence-electron chi connectivity index (χ3n) is 30.5. The van der Waals surface area contributed by atoms with Gasteiger partial charge in [-0.05, 0) is 260 Å². The van der Waals surface area contributed by atoms with Crippen molar-refractivity contribution in [3.8, 4) is 95.5 Å². The Bertz CT molecular complexity index is 10300. The Kier molecular flexibility index (Phi) is 23.0. The van der Waals surface area contributed by atoms with E-state index in [1.807, 2.05) is 42.9 Å². The minimum absolute atomic E-state index is 0. The largest absolute Gasteiger partial charge is 2.00 e. The molecule has 0 aliphatic carbocycles. The van der Waals surface area contributed by atoms with Crippen LogP contribution in [0.5, 0.6) is 0 Å². The van der Waals surface area contributed by atoms with E-state index in [9.17, 15) is 0 Å². The van der Waals surface area contributed by atoms with Gasteiger partial charge >= 0.3 is 63.2 Å². The molecule has 0 amide bonds.